The number of nitrogens with one attached hydrogen (secondary N) is 1. The van der Waals surface area contributed by atoms with Gasteiger partial charge in [-0.25, -0.2) is 0 Å². The highest BCUT2D eigenvalue weighted by atomic mass is 32.1. The number of thiophene rings is 1. The van der Waals surface area contributed by atoms with Gasteiger partial charge in [0.2, 0.25) is 0 Å². The number of nitrogens with zero attached hydrogens (tertiary/aromatic N) is 1. The highest BCUT2D eigenvalue weighted by Crippen LogP contribution is 2.36. The number of aryl methyl sites for hydroxylation is 1. The standard InChI is InChI=1S/C24H22N2O2S/c1-3-28-21-12-5-4-11-20(21)25-24(27)23-22(26-13-6-7-14-26)19(16-29-23)18-10-8-9-17(2)15-18/h4-16H,3H2,1-2H3,(H,25,27). The molecule has 4 nitrogen and oxygen atoms in total. The smallest absolute Gasteiger partial charge is 0.268 e. The Morgan fingerprint density at radius 1 is 1.07 bits per heavy atom. The molecule has 0 unspecified atom stereocenters. The summed E-state index contributed by atoms with van der Waals surface area (Å²) in [6.45, 7) is 4.54. The van der Waals surface area contributed by atoms with Crippen LogP contribution in [0, 0.1) is 6.92 Å². The second-order valence-corrected chi connectivity index (χ2v) is 7.55. The quantitative estimate of drug-likeness (QED) is 0.419. The molecule has 2 heterocycles. The van der Waals surface area contributed by atoms with Gasteiger partial charge in [0.05, 0.1) is 18.0 Å². The first-order valence-electron chi connectivity index (χ1n) is 9.52. The maximum absolute atomic E-state index is 13.2. The zero-order chi connectivity index (χ0) is 20.2. The van der Waals surface area contributed by atoms with E-state index < -0.39 is 0 Å². The Morgan fingerprint density at radius 2 is 1.86 bits per heavy atom. The summed E-state index contributed by atoms with van der Waals surface area (Å²) >= 11 is 1.45. The first-order chi connectivity index (χ1) is 14.2. The first kappa shape index (κ1) is 19.0. The van der Waals surface area contributed by atoms with Crippen molar-refractivity contribution in [2.75, 3.05) is 11.9 Å². The van der Waals surface area contributed by atoms with Gasteiger partial charge in [-0.1, -0.05) is 42.0 Å². The summed E-state index contributed by atoms with van der Waals surface area (Å²) in [4.78, 5) is 13.9. The lowest BCUT2D eigenvalue weighted by Crippen LogP contribution is -2.14. The number of ether oxygens (including phenoxy) is 1. The van der Waals surface area contributed by atoms with Crippen LogP contribution in [0.3, 0.4) is 0 Å². The van der Waals surface area contributed by atoms with E-state index in [9.17, 15) is 4.79 Å². The fourth-order valence-corrected chi connectivity index (χ4v) is 4.27. The Hall–Kier alpha value is -3.31. The summed E-state index contributed by atoms with van der Waals surface area (Å²) in [5.41, 5.74) is 4.88. The predicted molar refractivity (Wildman–Crippen MR) is 119 cm³/mol. The monoisotopic (exact) mass is 402 g/mol. The number of benzene rings is 2. The molecule has 0 fully saturated rings. The number of hydrogen-bond acceptors (Lipinski definition) is 3. The van der Waals surface area contributed by atoms with Crippen LogP contribution in [0.25, 0.3) is 16.8 Å². The maximum atomic E-state index is 13.2. The summed E-state index contributed by atoms with van der Waals surface area (Å²) in [5.74, 6) is 0.520. The third-order valence-electron chi connectivity index (χ3n) is 4.60. The molecule has 146 valence electrons. The Bertz CT molecular complexity index is 1130. The molecule has 2 aromatic heterocycles. The molecule has 0 saturated carbocycles. The fraction of sp³-hybridized carbons (Fsp3) is 0.125. The van der Waals surface area contributed by atoms with Crippen molar-refractivity contribution in [3.05, 3.63) is 88.9 Å². The lowest BCUT2D eigenvalue weighted by atomic mass is 10.0. The van der Waals surface area contributed by atoms with E-state index in [2.05, 4.69) is 30.4 Å². The molecule has 0 spiro atoms. The summed E-state index contributed by atoms with van der Waals surface area (Å²) in [6, 6.07) is 19.8. The molecule has 0 radical (unpaired) electrons. The van der Waals surface area contributed by atoms with Gasteiger partial charge in [-0.2, -0.15) is 0 Å². The maximum Gasteiger partial charge on any atom is 0.268 e. The lowest BCUT2D eigenvalue weighted by molar-refractivity contribution is 0.103. The number of para-hydroxylation sites is 2. The molecule has 5 heteroatoms. The Balaban J connectivity index is 1.76. The van der Waals surface area contributed by atoms with Crippen LogP contribution in [0.1, 0.15) is 22.2 Å². The molecule has 0 atom stereocenters. The molecule has 4 aromatic rings. The summed E-state index contributed by atoms with van der Waals surface area (Å²) < 4.78 is 7.64. The van der Waals surface area contributed by atoms with Crippen molar-refractivity contribution < 1.29 is 9.53 Å². The van der Waals surface area contributed by atoms with Gasteiger partial charge in [0.25, 0.3) is 5.91 Å². The van der Waals surface area contributed by atoms with Crippen molar-refractivity contribution in [2.45, 2.75) is 13.8 Å². The van der Waals surface area contributed by atoms with Crippen LogP contribution < -0.4 is 10.1 Å². The molecular formula is C24H22N2O2S. The van der Waals surface area contributed by atoms with Crippen molar-refractivity contribution in [2.24, 2.45) is 0 Å². The highest BCUT2D eigenvalue weighted by molar-refractivity contribution is 7.13. The van der Waals surface area contributed by atoms with Gasteiger partial charge >= 0.3 is 0 Å². The zero-order valence-corrected chi connectivity index (χ0v) is 17.2. The van der Waals surface area contributed by atoms with Gasteiger partial charge < -0.3 is 14.6 Å². The van der Waals surface area contributed by atoms with Gasteiger partial charge in [-0.3, -0.25) is 4.79 Å². The number of aromatic nitrogens is 1. The molecule has 0 bridgehead atoms. The molecule has 1 amide bonds. The lowest BCUT2D eigenvalue weighted by Gasteiger charge is -2.13. The summed E-state index contributed by atoms with van der Waals surface area (Å²) in [7, 11) is 0. The minimum absolute atomic E-state index is 0.148. The summed E-state index contributed by atoms with van der Waals surface area (Å²) in [6.07, 6.45) is 3.93. The van der Waals surface area contributed by atoms with E-state index in [1.807, 2.05) is 71.7 Å². The Morgan fingerprint density at radius 3 is 2.62 bits per heavy atom. The first-order valence-corrected chi connectivity index (χ1v) is 10.4. The van der Waals surface area contributed by atoms with Gasteiger partial charge in [0.1, 0.15) is 10.6 Å². The van der Waals surface area contributed by atoms with E-state index in [-0.39, 0.29) is 5.91 Å². The highest BCUT2D eigenvalue weighted by Gasteiger charge is 2.21. The van der Waals surface area contributed by atoms with Crippen LogP contribution in [0.2, 0.25) is 0 Å². The molecule has 4 rings (SSSR count). The largest absolute Gasteiger partial charge is 0.492 e. The minimum Gasteiger partial charge on any atom is -0.492 e. The van der Waals surface area contributed by atoms with E-state index in [0.717, 1.165) is 16.8 Å². The molecule has 0 aliphatic rings. The van der Waals surface area contributed by atoms with E-state index in [4.69, 9.17) is 4.74 Å². The summed E-state index contributed by atoms with van der Waals surface area (Å²) in [5, 5.41) is 5.07. The number of anilines is 1. The predicted octanol–water partition coefficient (Wildman–Crippen LogP) is 6.17. The number of carbonyl (C=O) groups excluding carboxylic acids is 1. The van der Waals surface area contributed by atoms with Crippen LogP contribution in [0.5, 0.6) is 5.75 Å². The van der Waals surface area contributed by atoms with E-state index in [0.29, 0.717) is 22.9 Å². The van der Waals surface area contributed by atoms with Gasteiger partial charge in [-0.05, 0) is 43.7 Å². The zero-order valence-electron chi connectivity index (χ0n) is 16.4. The number of amides is 1. The van der Waals surface area contributed by atoms with E-state index in [1.165, 1.54) is 16.9 Å². The molecule has 0 aliphatic heterocycles. The normalized spacial score (nSPS) is 10.7. The fourth-order valence-electron chi connectivity index (χ4n) is 3.30. The third-order valence-corrected chi connectivity index (χ3v) is 5.57. The van der Waals surface area contributed by atoms with Gasteiger partial charge in [-0.15, -0.1) is 11.3 Å². The molecule has 2 aromatic carbocycles. The van der Waals surface area contributed by atoms with Crippen LogP contribution in [-0.2, 0) is 0 Å². The molecular weight excluding hydrogens is 380 g/mol. The van der Waals surface area contributed by atoms with E-state index >= 15 is 0 Å². The Kier molecular flexibility index (Phi) is 5.49. The molecule has 0 saturated heterocycles. The van der Waals surface area contributed by atoms with Crippen molar-refractivity contribution in [1.29, 1.82) is 0 Å². The van der Waals surface area contributed by atoms with Gasteiger partial charge in [0.15, 0.2) is 0 Å². The average molecular weight is 403 g/mol. The molecule has 29 heavy (non-hydrogen) atoms. The van der Waals surface area contributed by atoms with Crippen molar-refractivity contribution in [1.82, 2.24) is 4.57 Å². The van der Waals surface area contributed by atoms with Gasteiger partial charge in [0, 0.05) is 23.3 Å². The van der Waals surface area contributed by atoms with Crippen molar-refractivity contribution in [3.63, 3.8) is 0 Å². The second-order valence-electron chi connectivity index (χ2n) is 6.67. The SMILES string of the molecule is CCOc1ccccc1NC(=O)c1scc(-c2cccc(C)c2)c1-n1cccc1. The topological polar surface area (TPSA) is 43.3 Å². The van der Waals surface area contributed by atoms with Crippen LogP contribution in [0.4, 0.5) is 5.69 Å². The van der Waals surface area contributed by atoms with E-state index in [1.54, 1.807) is 0 Å². The number of carbonyl (C=O) groups is 1. The van der Waals surface area contributed by atoms with Crippen LogP contribution >= 0.6 is 11.3 Å². The second kappa shape index (κ2) is 8.37. The van der Waals surface area contributed by atoms with Crippen molar-refractivity contribution >= 4 is 22.9 Å². The Labute approximate surface area is 174 Å². The number of hydrogen-bond donors (Lipinski definition) is 1. The number of rotatable bonds is 6. The van der Waals surface area contributed by atoms with Crippen LogP contribution in [0.15, 0.2) is 78.4 Å². The molecule has 1 N–H and O–H groups in total. The van der Waals surface area contributed by atoms with Crippen molar-refractivity contribution in [3.8, 4) is 22.6 Å². The third kappa shape index (κ3) is 3.96. The minimum atomic E-state index is -0.148. The molecule has 0 aliphatic carbocycles. The van der Waals surface area contributed by atoms with Crippen LogP contribution in [-0.4, -0.2) is 17.1 Å². The average Bonchev–Trinajstić information content (AvgIpc) is 3.39.